The number of hydrogen-bond acceptors (Lipinski definition) is 5. The van der Waals surface area contributed by atoms with Crippen molar-refractivity contribution in [3.63, 3.8) is 0 Å². The van der Waals surface area contributed by atoms with Crippen LogP contribution in [0.15, 0.2) is 41.0 Å². The van der Waals surface area contributed by atoms with Gasteiger partial charge in [0.15, 0.2) is 12.4 Å². The second-order valence-electron chi connectivity index (χ2n) is 4.78. The molecule has 0 aliphatic rings. The van der Waals surface area contributed by atoms with E-state index in [1.807, 2.05) is 0 Å². The highest BCUT2D eigenvalue weighted by Crippen LogP contribution is 2.22. The minimum atomic E-state index is -0.743. The van der Waals surface area contributed by atoms with Crippen LogP contribution in [0.5, 0.6) is 0 Å². The molecule has 126 valence electrons. The summed E-state index contributed by atoms with van der Waals surface area (Å²) in [5, 5.41) is 5.43. The van der Waals surface area contributed by atoms with Crippen LogP contribution in [0.1, 0.15) is 16.1 Å². The molecule has 2 rings (SSSR count). The van der Waals surface area contributed by atoms with Crippen molar-refractivity contribution in [2.45, 2.75) is 6.92 Å². The van der Waals surface area contributed by atoms with Crippen LogP contribution in [0.2, 0.25) is 5.02 Å². The average Bonchev–Trinajstić information content (AvgIpc) is 3.09. The van der Waals surface area contributed by atoms with E-state index in [9.17, 15) is 14.4 Å². The number of anilines is 1. The molecule has 0 bridgehead atoms. The Bertz CT molecular complexity index is 743. The van der Waals surface area contributed by atoms with E-state index in [-0.39, 0.29) is 12.3 Å². The van der Waals surface area contributed by atoms with Crippen molar-refractivity contribution in [1.82, 2.24) is 5.32 Å². The predicted molar refractivity (Wildman–Crippen MR) is 86.8 cm³/mol. The maximum Gasteiger partial charge on any atom is 0.325 e. The minimum Gasteiger partial charge on any atom is -0.459 e. The summed E-state index contributed by atoms with van der Waals surface area (Å²) in [6.07, 6.45) is 1.34. The van der Waals surface area contributed by atoms with Crippen molar-refractivity contribution >= 4 is 35.1 Å². The Morgan fingerprint density at radius 3 is 2.71 bits per heavy atom. The SMILES string of the molecule is Cc1c(Cl)cccc1NC(=O)COC(=O)CNC(=O)c1ccco1. The predicted octanol–water partition coefficient (Wildman–Crippen LogP) is 2.15. The summed E-state index contributed by atoms with van der Waals surface area (Å²) in [4.78, 5) is 34.9. The van der Waals surface area contributed by atoms with Crippen molar-refractivity contribution in [2.75, 3.05) is 18.5 Å². The zero-order chi connectivity index (χ0) is 17.5. The first-order valence-electron chi connectivity index (χ1n) is 6.99. The fourth-order valence-corrected chi connectivity index (χ4v) is 1.95. The van der Waals surface area contributed by atoms with E-state index < -0.39 is 24.4 Å². The fourth-order valence-electron chi connectivity index (χ4n) is 1.77. The van der Waals surface area contributed by atoms with Crippen LogP contribution in [-0.4, -0.2) is 30.9 Å². The molecule has 2 aromatic rings. The van der Waals surface area contributed by atoms with Crippen LogP contribution in [0.4, 0.5) is 5.69 Å². The number of carbonyl (C=O) groups is 3. The van der Waals surface area contributed by atoms with Gasteiger partial charge in [0.1, 0.15) is 6.54 Å². The largest absolute Gasteiger partial charge is 0.459 e. The van der Waals surface area contributed by atoms with Gasteiger partial charge in [0.05, 0.1) is 6.26 Å². The Labute approximate surface area is 142 Å². The second-order valence-corrected chi connectivity index (χ2v) is 5.19. The smallest absolute Gasteiger partial charge is 0.325 e. The van der Waals surface area contributed by atoms with E-state index in [4.69, 9.17) is 20.8 Å². The lowest BCUT2D eigenvalue weighted by molar-refractivity contribution is -0.146. The number of rotatable bonds is 6. The van der Waals surface area contributed by atoms with Gasteiger partial charge in [-0.25, -0.2) is 0 Å². The number of ether oxygens (including phenoxy) is 1. The number of nitrogens with one attached hydrogen (secondary N) is 2. The normalized spacial score (nSPS) is 10.1. The molecule has 2 amide bonds. The number of halogens is 1. The second kappa shape index (κ2) is 8.16. The van der Waals surface area contributed by atoms with E-state index in [1.54, 1.807) is 31.2 Å². The summed E-state index contributed by atoms with van der Waals surface area (Å²) in [7, 11) is 0. The van der Waals surface area contributed by atoms with Gasteiger partial charge in [-0.15, -0.1) is 0 Å². The topological polar surface area (TPSA) is 97.6 Å². The Balaban J connectivity index is 1.74. The summed E-state index contributed by atoms with van der Waals surface area (Å²) in [5.74, 6) is -1.72. The molecule has 1 aromatic carbocycles. The van der Waals surface area contributed by atoms with Gasteiger partial charge in [0.25, 0.3) is 11.8 Å². The van der Waals surface area contributed by atoms with Crippen molar-refractivity contribution in [2.24, 2.45) is 0 Å². The molecule has 0 spiro atoms. The monoisotopic (exact) mass is 350 g/mol. The molecule has 0 saturated heterocycles. The maximum absolute atomic E-state index is 11.8. The molecule has 0 aliphatic heterocycles. The van der Waals surface area contributed by atoms with Crippen LogP contribution in [-0.2, 0) is 14.3 Å². The van der Waals surface area contributed by atoms with Crippen LogP contribution in [0.3, 0.4) is 0 Å². The summed E-state index contributed by atoms with van der Waals surface area (Å²) < 4.78 is 9.66. The molecule has 0 aliphatic carbocycles. The molecular weight excluding hydrogens is 336 g/mol. The third-order valence-corrected chi connectivity index (χ3v) is 3.45. The highest BCUT2D eigenvalue weighted by atomic mass is 35.5. The van der Waals surface area contributed by atoms with Crippen molar-refractivity contribution in [3.05, 3.63) is 52.9 Å². The first kappa shape index (κ1) is 17.6. The maximum atomic E-state index is 11.8. The standard InChI is InChI=1S/C16H15ClN2O5/c1-10-11(17)4-2-5-12(10)19-14(20)9-24-15(21)8-18-16(22)13-6-3-7-23-13/h2-7H,8-9H2,1H3,(H,18,22)(H,19,20). The van der Waals surface area contributed by atoms with E-state index in [0.29, 0.717) is 16.3 Å². The molecular formula is C16H15ClN2O5. The molecule has 0 unspecified atom stereocenters. The van der Waals surface area contributed by atoms with Crippen molar-refractivity contribution < 1.29 is 23.5 Å². The number of furan rings is 1. The lowest BCUT2D eigenvalue weighted by Crippen LogP contribution is -2.32. The van der Waals surface area contributed by atoms with Gasteiger partial charge in [0, 0.05) is 10.7 Å². The summed E-state index contributed by atoms with van der Waals surface area (Å²) in [5.41, 5.74) is 1.25. The number of benzene rings is 1. The Hall–Kier alpha value is -2.80. The van der Waals surface area contributed by atoms with Gasteiger partial charge in [-0.3, -0.25) is 14.4 Å². The third-order valence-electron chi connectivity index (χ3n) is 3.04. The van der Waals surface area contributed by atoms with Gasteiger partial charge in [0.2, 0.25) is 0 Å². The first-order chi connectivity index (χ1) is 11.5. The van der Waals surface area contributed by atoms with Gasteiger partial charge in [-0.2, -0.15) is 0 Å². The van der Waals surface area contributed by atoms with Gasteiger partial charge >= 0.3 is 5.97 Å². The molecule has 1 aromatic heterocycles. The number of carbonyl (C=O) groups excluding carboxylic acids is 3. The Morgan fingerprint density at radius 2 is 2.00 bits per heavy atom. The summed E-state index contributed by atoms with van der Waals surface area (Å²) in [6, 6.07) is 8.09. The molecule has 0 saturated carbocycles. The quantitative estimate of drug-likeness (QED) is 0.778. The lowest BCUT2D eigenvalue weighted by atomic mass is 10.2. The number of esters is 1. The van der Waals surface area contributed by atoms with Gasteiger partial charge in [-0.05, 0) is 36.8 Å². The molecule has 0 radical (unpaired) electrons. The molecule has 24 heavy (non-hydrogen) atoms. The molecule has 2 N–H and O–H groups in total. The summed E-state index contributed by atoms with van der Waals surface area (Å²) >= 11 is 5.95. The van der Waals surface area contributed by atoms with E-state index in [1.165, 1.54) is 12.3 Å². The number of hydrogen-bond donors (Lipinski definition) is 2. The first-order valence-corrected chi connectivity index (χ1v) is 7.37. The highest BCUT2D eigenvalue weighted by molar-refractivity contribution is 6.31. The lowest BCUT2D eigenvalue weighted by Gasteiger charge is -2.10. The van der Waals surface area contributed by atoms with E-state index in [2.05, 4.69) is 10.6 Å². The van der Waals surface area contributed by atoms with Crippen LogP contribution < -0.4 is 10.6 Å². The molecule has 7 nitrogen and oxygen atoms in total. The van der Waals surface area contributed by atoms with E-state index >= 15 is 0 Å². The van der Waals surface area contributed by atoms with Crippen LogP contribution in [0.25, 0.3) is 0 Å². The molecule has 0 atom stereocenters. The van der Waals surface area contributed by atoms with Crippen molar-refractivity contribution in [3.8, 4) is 0 Å². The van der Waals surface area contributed by atoms with Gasteiger partial charge in [-0.1, -0.05) is 17.7 Å². The van der Waals surface area contributed by atoms with Crippen molar-refractivity contribution in [1.29, 1.82) is 0 Å². The summed E-state index contributed by atoms with van der Waals surface area (Å²) in [6.45, 7) is 0.915. The van der Waals surface area contributed by atoms with E-state index in [0.717, 1.165) is 0 Å². The van der Waals surface area contributed by atoms with Crippen LogP contribution in [0, 0.1) is 6.92 Å². The zero-order valence-corrected chi connectivity index (χ0v) is 13.6. The van der Waals surface area contributed by atoms with Gasteiger partial charge < -0.3 is 19.8 Å². The number of amides is 2. The average molecular weight is 351 g/mol. The highest BCUT2D eigenvalue weighted by Gasteiger charge is 2.13. The Kier molecular flexibility index (Phi) is 5.97. The molecule has 1 heterocycles. The molecule has 0 fully saturated rings. The Morgan fingerprint density at radius 1 is 1.21 bits per heavy atom. The minimum absolute atomic E-state index is 0.0805. The van der Waals surface area contributed by atoms with Crippen LogP contribution >= 0.6 is 11.6 Å². The third kappa shape index (κ3) is 4.85. The molecule has 8 heteroatoms. The fraction of sp³-hybridized carbons (Fsp3) is 0.188. The zero-order valence-electron chi connectivity index (χ0n) is 12.8.